The summed E-state index contributed by atoms with van der Waals surface area (Å²) in [5.74, 6) is -1.32. The van der Waals surface area contributed by atoms with Crippen LogP contribution in [0.25, 0.3) is 5.69 Å². The maximum absolute atomic E-state index is 14.6. The van der Waals surface area contributed by atoms with E-state index in [2.05, 4.69) is 14.6 Å². The Morgan fingerprint density at radius 2 is 1.68 bits per heavy atom. The number of aromatic nitrogens is 2. The molecular formula is C34H31F5N2O6. The molecule has 0 radical (unpaired) electrons. The quantitative estimate of drug-likeness (QED) is 0.111. The predicted octanol–water partition coefficient (Wildman–Crippen LogP) is 9.11. The van der Waals surface area contributed by atoms with Gasteiger partial charge in [0.1, 0.15) is 18.0 Å². The summed E-state index contributed by atoms with van der Waals surface area (Å²) in [6.45, 7) is 7.27. The summed E-state index contributed by atoms with van der Waals surface area (Å²) in [4.78, 5) is 23.4. The van der Waals surface area contributed by atoms with Gasteiger partial charge in [0, 0.05) is 11.6 Å². The van der Waals surface area contributed by atoms with Crippen LogP contribution in [0.4, 0.5) is 22.0 Å². The second-order valence-corrected chi connectivity index (χ2v) is 12.5. The van der Waals surface area contributed by atoms with Crippen LogP contribution in [-0.4, -0.2) is 22.0 Å². The zero-order chi connectivity index (χ0) is 33.7. The van der Waals surface area contributed by atoms with Crippen LogP contribution in [0, 0.1) is 5.41 Å². The van der Waals surface area contributed by atoms with Gasteiger partial charge in [-0.15, -0.1) is 8.78 Å². The molecule has 8 nitrogen and oxygen atoms in total. The molecule has 3 aromatic carbocycles. The lowest BCUT2D eigenvalue weighted by molar-refractivity contribution is -0.286. The fraction of sp³-hybridized carbons (Fsp3) is 0.353. The first kappa shape index (κ1) is 32.3. The fourth-order valence-corrected chi connectivity index (χ4v) is 5.96. The van der Waals surface area contributed by atoms with Crippen LogP contribution in [0.15, 0.2) is 72.8 Å². The van der Waals surface area contributed by atoms with Gasteiger partial charge in [-0.2, -0.15) is 23.2 Å². The summed E-state index contributed by atoms with van der Waals surface area (Å²) in [5, 5.41) is 4.08. The van der Waals surface area contributed by atoms with Crippen molar-refractivity contribution in [2.24, 2.45) is 5.41 Å². The first-order valence-electron chi connectivity index (χ1n) is 14.9. The van der Waals surface area contributed by atoms with Crippen molar-refractivity contribution in [3.63, 3.8) is 0 Å². The summed E-state index contributed by atoms with van der Waals surface area (Å²) >= 11 is 0. The number of ether oxygens (including phenoxy) is 3. The minimum Gasteiger partial charge on any atom is -0.486 e. The number of nitrogens with zero attached hydrogens (tertiary/aromatic N) is 2. The average molecular weight is 659 g/mol. The highest BCUT2D eigenvalue weighted by atomic mass is 19.4. The number of fused-ring (bicyclic) bond motifs is 2. The summed E-state index contributed by atoms with van der Waals surface area (Å²) in [7, 11) is 0. The third-order valence-electron chi connectivity index (χ3n) is 8.16. The van der Waals surface area contributed by atoms with E-state index in [4.69, 9.17) is 14.5 Å². The van der Waals surface area contributed by atoms with E-state index in [1.54, 1.807) is 49.4 Å². The van der Waals surface area contributed by atoms with Crippen molar-refractivity contribution in [2.45, 2.75) is 71.1 Å². The summed E-state index contributed by atoms with van der Waals surface area (Å²) in [6, 6.07) is 18.6. The van der Waals surface area contributed by atoms with Gasteiger partial charge in [-0.3, -0.25) is 4.89 Å². The minimum atomic E-state index is -4.79. The molecule has 4 aromatic rings. The van der Waals surface area contributed by atoms with Gasteiger partial charge in [0.25, 0.3) is 0 Å². The molecular weight excluding hydrogens is 627 g/mol. The van der Waals surface area contributed by atoms with Gasteiger partial charge in [0.05, 0.1) is 16.9 Å². The van der Waals surface area contributed by atoms with Crippen molar-refractivity contribution in [2.75, 3.05) is 0 Å². The van der Waals surface area contributed by atoms with E-state index in [0.717, 1.165) is 4.68 Å². The molecule has 2 aliphatic rings. The molecule has 0 saturated carbocycles. The topological polar surface area (TPSA) is 81.0 Å². The van der Waals surface area contributed by atoms with Gasteiger partial charge in [0.15, 0.2) is 17.2 Å². The highest BCUT2D eigenvalue weighted by Gasteiger charge is 2.48. The number of benzene rings is 3. The second-order valence-electron chi connectivity index (χ2n) is 12.5. The van der Waals surface area contributed by atoms with Gasteiger partial charge < -0.3 is 14.2 Å². The van der Waals surface area contributed by atoms with Gasteiger partial charge in [0.2, 0.25) is 0 Å². The molecule has 248 valence electrons. The summed E-state index contributed by atoms with van der Waals surface area (Å²) in [5.41, 5.74) is -0.566. The molecule has 3 unspecified atom stereocenters. The highest BCUT2D eigenvalue weighted by molar-refractivity contribution is 5.88. The standard InChI is InChI=1S/C34H31F5N2O6/c1-19(21-13-15-25-27(17-21)45-34(38,39)44-25)43-23-12-8-11-22(18-23)41-29-26(46-47-31(42)20-9-6-5-7-10-20)16-14-24(32(2,3)4)28(29)30(40-41)33(35,36)37/h5-13,15,17-19,24,26H,14,16H2,1-4H3. The lowest BCUT2D eigenvalue weighted by Crippen LogP contribution is -2.28. The number of carbonyl (C=O) groups is 1. The SMILES string of the molecule is CC(Oc1cccc(-n2nc(C(F)(F)F)c3c2C(OOC(=O)c2ccccc2)CCC3C(C)(C)C)c1)c1ccc2c(c1)OC(F)(F)O2. The molecule has 0 amide bonds. The molecule has 13 heteroatoms. The highest BCUT2D eigenvalue weighted by Crippen LogP contribution is 2.52. The largest absolute Gasteiger partial charge is 0.586 e. The predicted molar refractivity (Wildman–Crippen MR) is 157 cm³/mol. The maximum atomic E-state index is 14.6. The Morgan fingerprint density at radius 1 is 0.957 bits per heavy atom. The van der Waals surface area contributed by atoms with E-state index in [1.807, 2.05) is 20.8 Å². The molecule has 6 rings (SSSR count). The average Bonchev–Trinajstić information content (AvgIpc) is 3.56. The van der Waals surface area contributed by atoms with E-state index in [0.29, 0.717) is 12.0 Å². The van der Waals surface area contributed by atoms with E-state index >= 15 is 0 Å². The molecule has 2 heterocycles. The van der Waals surface area contributed by atoms with Crippen LogP contribution >= 0.6 is 0 Å². The van der Waals surface area contributed by atoms with Crippen molar-refractivity contribution in [3.8, 4) is 22.9 Å². The Kier molecular flexibility index (Phi) is 8.15. The second kappa shape index (κ2) is 11.9. The third kappa shape index (κ3) is 6.62. The Hall–Kier alpha value is -4.65. The number of alkyl halides is 5. The zero-order valence-corrected chi connectivity index (χ0v) is 25.8. The Morgan fingerprint density at radius 3 is 2.38 bits per heavy atom. The number of rotatable bonds is 7. The maximum Gasteiger partial charge on any atom is 0.586 e. The van der Waals surface area contributed by atoms with E-state index < -0.39 is 47.7 Å². The van der Waals surface area contributed by atoms with Crippen LogP contribution in [0.3, 0.4) is 0 Å². The normalized spacial score (nSPS) is 19.2. The van der Waals surface area contributed by atoms with Crippen molar-refractivity contribution in [1.82, 2.24) is 9.78 Å². The van der Waals surface area contributed by atoms with Crippen LogP contribution < -0.4 is 14.2 Å². The molecule has 0 N–H and O–H groups in total. The van der Waals surface area contributed by atoms with Gasteiger partial charge in [-0.25, -0.2) is 9.48 Å². The van der Waals surface area contributed by atoms with Gasteiger partial charge in [-0.05, 0) is 73.1 Å². The van der Waals surface area contributed by atoms with Crippen molar-refractivity contribution >= 4 is 5.97 Å². The Bertz CT molecular complexity index is 1780. The van der Waals surface area contributed by atoms with Crippen molar-refractivity contribution < 1.29 is 50.7 Å². The fourth-order valence-electron chi connectivity index (χ4n) is 5.96. The van der Waals surface area contributed by atoms with Crippen LogP contribution in [0.1, 0.15) is 91.5 Å². The molecule has 1 aliphatic heterocycles. The Labute approximate surface area is 266 Å². The van der Waals surface area contributed by atoms with Gasteiger partial charge in [-0.1, -0.05) is 51.1 Å². The van der Waals surface area contributed by atoms with Crippen LogP contribution in [-0.2, 0) is 16.0 Å². The third-order valence-corrected chi connectivity index (χ3v) is 8.16. The molecule has 47 heavy (non-hydrogen) atoms. The monoisotopic (exact) mass is 658 g/mol. The van der Waals surface area contributed by atoms with Crippen molar-refractivity contribution in [1.29, 1.82) is 0 Å². The molecule has 0 fully saturated rings. The zero-order valence-electron chi connectivity index (χ0n) is 25.8. The van der Waals surface area contributed by atoms with Crippen LogP contribution in [0.5, 0.6) is 17.2 Å². The van der Waals surface area contributed by atoms with Gasteiger partial charge >= 0.3 is 18.4 Å². The lowest BCUT2D eigenvalue weighted by Gasteiger charge is -2.37. The molecule has 1 aromatic heterocycles. The summed E-state index contributed by atoms with van der Waals surface area (Å²) < 4.78 is 87.1. The molecule has 0 saturated heterocycles. The first-order chi connectivity index (χ1) is 22.1. The van der Waals surface area contributed by atoms with Crippen molar-refractivity contribution in [3.05, 3.63) is 101 Å². The molecule has 0 spiro atoms. The molecule has 1 aliphatic carbocycles. The number of halogens is 5. The number of carbonyl (C=O) groups excluding carboxylic acids is 1. The number of hydrogen-bond acceptors (Lipinski definition) is 7. The smallest absolute Gasteiger partial charge is 0.486 e. The molecule has 0 bridgehead atoms. The molecule has 3 atom stereocenters. The first-order valence-corrected chi connectivity index (χ1v) is 14.9. The van der Waals surface area contributed by atoms with Crippen LogP contribution in [0.2, 0.25) is 0 Å². The van der Waals surface area contributed by atoms with E-state index in [-0.39, 0.29) is 46.2 Å². The minimum absolute atomic E-state index is 0.0196. The lowest BCUT2D eigenvalue weighted by atomic mass is 9.69. The van der Waals surface area contributed by atoms with E-state index in [9.17, 15) is 26.7 Å². The van der Waals surface area contributed by atoms with E-state index in [1.165, 1.54) is 30.3 Å². The summed E-state index contributed by atoms with van der Waals surface area (Å²) in [6.07, 6.45) is -9.71. The Balaban J connectivity index is 1.35. The number of hydrogen-bond donors (Lipinski definition) is 0.